The van der Waals surface area contributed by atoms with E-state index in [1.807, 2.05) is 6.07 Å². The van der Waals surface area contributed by atoms with E-state index in [0.717, 1.165) is 5.56 Å². The van der Waals surface area contributed by atoms with Crippen LogP contribution in [0.15, 0.2) is 30.3 Å². The first-order valence-corrected chi connectivity index (χ1v) is 6.41. The number of hydrogen-bond donors (Lipinski definition) is 2. The molecule has 0 aliphatic rings. The van der Waals surface area contributed by atoms with Crippen molar-refractivity contribution in [1.29, 1.82) is 0 Å². The second-order valence-corrected chi connectivity index (χ2v) is 4.81. The summed E-state index contributed by atoms with van der Waals surface area (Å²) in [7, 11) is 0. The molecule has 0 bridgehead atoms. The number of anilines is 2. The maximum absolute atomic E-state index is 13.0. The number of nitrogens with zero attached hydrogens (tertiary/aromatic N) is 1. The van der Waals surface area contributed by atoms with Crippen molar-refractivity contribution >= 4 is 34.8 Å². The fourth-order valence-corrected chi connectivity index (χ4v) is 2.05. The van der Waals surface area contributed by atoms with E-state index in [9.17, 15) is 4.39 Å². The Kier molecular flexibility index (Phi) is 4.45. The first-order chi connectivity index (χ1) is 9.06. The van der Waals surface area contributed by atoms with Crippen LogP contribution in [0.1, 0.15) is 5.56 Å². The zero-order chi connectivity index (χ0) is 13.8. The first kappa shape index (κ1) is 13.9. The minimum Gasteiger partial charge on any atom is -0.382 e. The largest absolute Gasteiger partial charge is 0.382 e. The van der Waals surface area contributed by atoms with Crippen LogP contribution in [0.2, 0.25) is 10.0 Å². The van der Waals surface area contributed by atoms with Crippen molar-refractivity contribution in [2.75, 3.05) is 17.6 Å². The second-order valence-electron chi connectivity index (χ2n) is 3.99. The minimum atomic E-state index is -0.246. The lowest BCUT2D eigenvalue weighted by Gasteiger charge is -2.09. The van der Waals surface area contributed by atoms with Gasteiger partial charge in [-0.3, -0.25) is 0 Å². The van der Waals surface area contributed by atoms with Gasteiger partial charge < -0.3 is 11.1 Å². The first-order valence-electron chi connectivity index (χ1n) is 5.66. The molecule has 100 valence electrons. The summed E-state index contributed by atoms with van der Waals surface area (Å²) in [6, 6.07) is 7.98. The molecule has 0 fully saturated rings. The topological polar surface area (TPSA) is 50.9 Å². The van der Waals surface area contributed by atoms with Crippen LogP contribution in [0.4, 0.5) is 16.0 Å². The third kappa shape index (κ3) is 3.72. The lowest BCUT2D eigenvalue weighted by atomic mass is 10.1. The quantitative estimate of drug-likeness (QED) is 0.904. The SMILES string of the molecule is Nc1nc(NCCc2cccc(F)c2)c(Cl)cc1Cl. The highest BCUT2D eigenvalue weighted by Crippen LogP contribution is 2.27. The standard InChI is InChI=1S/C13H12Cl2FN3/c14-10-7-11(15)13(19-12(10)17)18-5-4-8-2-1-3-9(16)6-8/h1-3,6-7H,4-5H2,(H3,17,18,19). The number of rotatable bonds is 4. The monoisotopic (exact) mass is 299 g/mol. The fourth-order valence-electron chi connectivity index (χ4n) is 1.62. The maximum Gasteiger partial charge on any atom is 0.147 e. The van der Waals surface area contributed by atoms with Crippen molar-refractivity contribution in [3.05, 3.63) is 51.8 Å². The molecule has 0 radical (unpaired) electrons. The van der Waals surface area contributed by atoms with Gasteiger partial charge in [0.05, 0.1) is 10.0 Å². The summed E-state index contributed by atoms with van der Waals surface area (Å²) in [5, 5.41) is 3.77. The highest BCUT2D eigenvalue weighted by atomic mass is 35.5. The molecule has 0 amide bonds. The summed E-state index contributed by atoms with van der Waals surface area (Å²) in [5.41, 5.74) is 6.49. The van der Waals surface area contributed by atoms with Gasteiger partial charge in [0.1, 0.15) is 17.5 Å². The van der Waals surface area contributed by atoms with E-state index in [2.05, 4.69) is 10.3 Å². The smallest absolute Gasteiger partial charge is 0.147 e. The molecule has 0 saturated carbocycles. The van der Waals surface area contributed by atoms with Crippen molar-refractivity contribution in [2.45, 2.75) is 6.42 Å². The van der Waals surface area contributed by atoms with E-state index in [1.54, 1.807) is 6.07 Å². The lowest BCUT2D eigenvalue weighted by Crippen LogP contribution is -2.08. The Morgan fingerprint density at radius 3 is 2.74 bits per heavy atom. The second kappa shape index (κ2) is 6.08. The third-order valence-corrected chi connectivity index (χ3v) is 3.14. The van der Waals surface area contributed by atoms with Gasteiger partial charge in [-0.25, -0.2) is 9.37 Å². The Hall–Kier alpha value is -1.52. The molecular weight excluding hydrogens is 288 g/mol. The lowest BCUT2D eigenvalue weighted by molar-refractivity contribution is 0.625. The van der Waals surface area contributed by atoms with Crippen molar-refractivity contribution < 1.29 is 4.39 Å². The van der Waals surface area contributed by atoms with Gasteiger partial charge in [-0.1, -0.05) is 35.3 Å². The van der Waals surface area contributed by atoms with Gasteiger partial charge in [-0.05, 0) is 30.2 Å². The van der Waals surface area contributed by atoms with Crippen LogP contribution in [0.25, 0.3) is 0 Å². The average Bonchev–Trinajstić information content (AvgIpc) is 2.35. The van der Waals surface area contributed by atoms with E-state index < -0.39 is 0 Å². The van der Waals surface area contributed by atoms with Crippen molar-refractivity contribution in [3.8, 4) is 0 Å². The molecule has 0 unspecified atom stereocenters. The van der Waals surface area contributed by atoms with Crippen LogP contribution in [0.3, 0.4) is 0 Å². The molecule has 0 atom stereocenters. The van der Waals surface area contributed by atoms with Crippen molar-refractivity contribution in [3.63, 3.8) is 0 Å². The van der Waals surface area contributed by atoms with Crippen molar-refractivity contribution in [2.24, 2.45) is 0 Å². The summed E-state index contributed by atoms with van der Waals surface area (Å²) < 4.78 is 13.0. The van der Waals surface area contributed by atoms with Crippen LogP contribution in [-0.2, 0) is 6.42 Å². The Balaban J connectivity index is 1.98. The molecule has 6 heteroatoms. The van der Waals surface area contributed by atoms with Crippen LogP contribution >= 0.6 is 23.2 Å². The van der Waals surface area contributed by atoms with Gasteiger partial charge in [0.15, 0.2) is 0 Å². The van der Waals surface area contributed by atoms with Gasteiger partial charge in [0.2, 0.25) is 0 Å². The molecule has 0 spiro atoms. The zero-order valence-corrected chi connectivity index (χ0v) is 11.5. The third-order valence-electron chi connectivity index (χ3n) is 2.55. The number of nitrogen functional groups attached to an aromatic ring is 1. The van der Waals surface area contributed by atoms with Crippen LogP contribution < -0.4 is 11.1 Å². The Morgan fingerprint density at radius 1 is 1.21 bits per heavy atom. The number of benzene rings is 1. The number of nitrogens with one attached hydrogen (secondary N) is 1. The molecule has 1 aromatic carbocycles. The Morgan fingerprint density at radius 2 is 2.00 bits per heavy atom. The number of pyridine rings is 1. The molecule has 3 N–H and O–H groups in total. The maximum atomic E-state index is 13.0. The minimum absolute atomic E-state index is 0.222. The van der Waals surface area contributed by atoms with Gasteiger partial charge in [0.25, 0.3) is 0 Å². The molecule has 0 aliphatic heterocycles. The van der Waals surface area contributed by atoms with E-state index in [0.29, 0.717) is 28.8 Å². The van der Waals surface area contributed by atoms with Crippen LogP contribution in [0, 0.1) is 5.82 Å². The Bertz CT molecular complexity index is 590. The number of aromatic nitrogens is 1. The number of halogens is 3. The van der Waals surface area contributed by atoms with Gasteiger partial charge in [-0.2, -0.15) is 0 Å². The zero-order valence-electron chi connectivity index (χ0n) is 9.96. The van der Waals surface area contributed by atoms with Gasteiger partial charge in [-0.15, -0.1) is 0 Å². The predicted octanol–water partition coefficient (Wildman–Crippen LogP) is 3.76. The summed E-state index contributed by atoms with van der Waals surface area (Å²) in [6.07, 6.45) is 0.651. The Labute approximate surface area is 120 Å². The summed E-state index contributed by atoms with van der Waals surface area (Å²) in [6.45, 7) is 0.567. The molecule has 1 aromatic heterocycles. The molecule has 0 aliphatic carbocycles. The molecular formula is C13H12Cl2FN3. The normalized spacial score (nSPS) is 10.5. The van der Waals surface area contributed by atoms with Gasteiger partial charge in [0, 0.05) is 6.54 Å². The molecule has 19 heavy (non-hydrogen) atoms. The summed E-state index contributed by atoms with van der Waals surface area (Å²) in [4.78, 5) is 4.05. The predicted molar refractivity (Wildman–Crippen MR) is 77.3 cm³/mol. The van der Waals surface area contributed by atoms with E-state index >= 15 is 0 Å². The molecule has 1 heterocycles. The van der Waals surface area contributed by atoms with E-state index in [1.165, 1.54) is 18.2 Å². The van der Waals surface area contributed by atoms with Gasteiger partial charge >= 0.3 is 0 Å². The molecule has 2 rings (SSSR count). The van der Waals surface area contributed by atoms with E-state index in [4.69, 9.17) is 28.9 Å². The molecule has 3 nitrogen and oxygen atoms in total. The summed E-state index contributed by atoms with van der Waals surface area (Å²) >= 11 is 11.8. The highest BCUT2D eigenvalue weighted by Gasteiger charge is 2.06. The average molecular weight is 300 g/mol. The molecule has 2 aromatic rings. The fraction of sp³-hybridized carbons (Fsp3) is 0.154. The number of hydrogen-bond acceptors (Lipinski definition) is 3. The van der Waals surface area contributed by atoms with Crippen molar-refractivity contribution in [1.82, 2.24) is 4.98 Å². The summed E-state index contributed by atoms with van der Waals surface area (Å²) in [5.74, 6) is 0.448. The molecule has 0 saturated heterocycles. The number of nitrogens with two attached hydrogens (primary N) is 1. The van der Waals surface area contributed by atoms with E-state index in [-0.39, 0.29) is 11.6 Å². The van der Waals surface area contributed by atoms with Crippen LogP contribution in [0.5, 0.6) is 0 Å². The highest BCUT2D eigenvalue weighted by molar-refractivity contribution is 6.37. The van der Waals surface area contributed by atoms with Crippen LogP contribution in [-0.4, -0.2) is 11.5 Å².